The van der Waals surface area contributed by atoms with E-state index in [0.29, 0.717) is 5.75 Å². The zero-order valence-electron chi connectivity index (χ0n) is 18.6. The maximum Gasteiger partial charge on any atom is 0.227 e. The van der Waals surface area contributed by atoms with Crippen molar-refractivity contribution in [3.63, 3.8) is 0 Å². The monoisotopic (exact) mass is 422 g/mol. The zero-order chi connectivity index (χ0) is 21.2. The van der Waals surface area contributed by atoms with E-state index in [-0.39, 0.29) is 0 Å². The van der Waals surface area contributed by atoms with Gasteiger partial charge in [0.2, 0.25) is 5.95 Å². The van der Waals surface area contributed by atoms with Gasteiger partial charge in [-0.05, 0) is 32.4 Å². The van der Waals surface area contributed by atoms with Gasteiger partial charge in [0.15, 0.2) is 0 Å². The highest BCUT2D eigenvalue weighted by molar-refractivity contribution is 5.54. The Morgan fingerprint density at radius 2 is 1.65 bits per heavy atom. The Morgan fingerprint density at radius 3 is 2.42 bits per heavy atom. The Morgan fingerprint density at radius 1 is 0.871 bits per heavy atom. The average Bonchev–Trinajstić information content (AvgIpc) is 2.81. The number of phenolic OH excluding ortho intramolecular Hbond substituents is 1. The van der Waals surface area contributed by atoms with Crippen molar-refractivity contribution < 1.29 is 5.11 Å². The van der Waals surface area contributed by atoms with Crippen LogP contribution in [0, 0.1) is 0 Å². The fraction of sp³-hybridized carbons (Fsp3) is 0.583. The van der Waals surface area contributed by atoms with Crippen LogP contribution in [0.5, 0.6) is 5.75 Å². The van der Waals surface area contributed by atoms with Gasteiger partial charge in [0.05, 0.1) is 5.69 Å². The molecule has 166 valence electrons. The summed E-state index contributed by atoms with van der Waals surface area (Å²) < 4.78 is 0. The molecule has 0 atom stereocenters. The Kier molecular flexibility index (Phi) is 5.96. The number of nitrogens with zero attached hydrogens (tertiary/aromatic N) is 6. The van der Waals surface area contributed by atoms with Crippen molar-refractivity contribution in [2.75, 3.05) is 62.7 Å². The Labute approximate surface area is 185 Å². The molecular formula is C24H34N6O. The van der Waals surface area contributed by atoms with Crippen molar-refractivity contribution in [2.24, 2.45) is 0 Å². The van der Waals surface area contributed by atoms with Crippen LogP contribution >= 0.6 is 0 Å². The average molecular weight is 423 g/mol. The fourth-order valence-corrected chi connectivity index (χ4v) is 4.98. The number of piperazine rings is 1. The van der Waals surface area contributed by atoms with Crippen molar-refractivity contribution in [1.29, 1.82) is 0 Å². The van der Waals surface area contributed by atoms with Gasteiger partial charge in [-0.25, -0.2) is 4.98 Å². The largest absolute Gasteiger partial charge is 0.508 e. The van der Waals surface area contributed by atoms with Gasteiger partial charge in [-0.3, -0.25) is 4.90 Å². The summed E-state index contributed by atoms with van der Waals surface area (Å²) in [5, 5.41) is 10.2. The minimum atomic E-state index is 0.381. The number of aromatic hydroxyl groups is 1. The molecule has 2 fully saturated rings. The Hall–Kier alpha value is -2.38. The van der Waals surface area contributed by atoms with Crippen LogP contribution in [0.3, 0.4) is 0 Å². The summed E-state index contributed by atoms with van der Waals surface area (Å²) in [6.45, 7) is 8.85. The number of piperidine rings is 1. The maximum atomic E-state index is 10.2. The molecule has 1 aromatic heterocycles. The third-order valence-electron chi connectivity index (χ3n) is 6.93. The number of hydrogen-bond acceptors (Lipinski definition) is 7. The predicted molar refractivity (Wildman–Crippen MR) is 124 cm³/mol. The highest BCUT2D eigenvalue weighted by atomic mass is 16.3. The summed E-state index contributed by atoms with van der Waals surface area (Å²) in [6.07, 6.45) is 4.73. The molecule has 31 heavy (non-hydrogen) atoms. The van der Waals surface area contributed by atoms with Crippen molar-refractivity contribution >= 4 is 11.8 Å². The standard InChI is InChI=1S/C24H34N6O/c1-27-13-15-30(16-14-27)24-25-21-9-12-28(17-19-7-3-4-8-22(19)31)18-20(21)23(26-24)29-10-5-2-6-11-29/h3-4,7-8,31H,2,5-6,9-18H2,1H3. The number of anilines is 2. The fourth-order valence-electron chi connectivity index (χ4n) is 4.98. The van der Waals surface area contributed by atoms with Crippen LogP contribution < -0.4 is 9.80 Å². The number of likely N-dealkylation sites (N-methyl/N-ethyl adjacent to an activating group) is 1. The second-order valence-corrected chi connectivity index (χ2v) is 9.20. The van der Waals surface area contributed by atoms with E-state index in [1.807, 2.05) is 18.2 Å². The van der Waals surface area contributed by atoms with Crippen LogP contribution in [0.4, 0.5) is 11.8 Å². The summed E-state index contributed by atoms with van der Waals surface area (Å²) in [6, 6.07) is 7.67. The van der Waals surface area contributed by atoms with E-state index in [4.69, 9.17) is 9.97 Å². The molecule has 7 heteroatoms. The summed E-state index contributed by atoms with van der Waals surface area (Å²) in [7, 11) is 2.18. The summed E-state index contributed by atoms with van der Waals surface area (Å²) >= 11 is 0. The molecule has 0 spiro atoms. The number of benzene rings is 1. The van der Waals surface area contributed by atoms with Gasteiger partial charge < -0.3 is 19.8 Å². The lowest BCUT2D eigenvalue weighted by atomic mass is 10.0. The van der Waals surface area contributed by atoms with Crippen LogP contribution in [0.2, 0.25) is 0 Å². The quantitative estimate of drug-likeness (QED) is 0.812. The van der Waals surface area contributed by atoms with Crippen LogP contribution in [-0.4, -0.2) is 77.7 Å². The number of hydrogen-bond donors (Lipinski definition) is 1. The van der Waals surface area contributed by atoms with Crippen molar-refractivity contribution in [2.45, 2.75) is 38.8 Å². The van der Waals surface area contributed by atoms with Crippen molar-refractivity contribution in [3.05, 3.63) is 41.1 Å². The van der Waals surface area contributed by atoms with Crippen molar-refractivity contribution in [3.8, 4) is 5.75 Å². The maximum absolute atomic E-state index is 10.2. The van der Waals surface area contributed by atoms with Crippen LogP contribution in [0.25, 0.3) is 0 Å². The molecule has 0 unspecified atom stereocenters. The molecule has 0 bridgehead atoms. The smallest absolute Gasteiger partial charge is 0.227 e. The Balaban J connectivity index is 1.43. The predicted octanol–water partition coefficient (Wildman–Crippen LogP) is 2.48. The van der Waals surface area contributed by atoms with Gasteiger partial charge in [0.25, 0.3) is 0 Å². The summed E-state index contributed by atoms with van der Waals surface area (Å²) in [5.41, 5.74) is 3.50. The third kappa shape index (κ3) is 4.48. The minimum Gasteiger partial charge on any atom is -0.508 e. The van der Waals surface area contributed by atoms with E-state index >= 15 is 0 Å². The Bertz CT molecular complexity index is 905. The van der Waals surface area contributed by atoms with E-state index in [1.54, 1.807) is 6.07 Å². The lowest BCUT2D eigenvalue weighted by Gasteiger charge is -2.37. The zero-order valence-corrected chi connectivity index (χ0v) is 18.6. The van der Waals surface area contributed by atoms with Crippen LogP contribution in [0.15, 0.2) is 24.3 Å². The number of para-hydroxylation sites is 1. The molecular weight excluding hydrogens is 388 g/mol. The van der Waals surface area contributed by atoms with Gasteiger partial charge in [0.1, 0.15) is 11.6 Å². The summed E-state index contributed by atoms with van der Waals surface area (Å²) in [5.74, 6) is 2.45. The van der Waals surface area contributed by atoms with E-state index in [1.165, 1.54) is 30.5 Å². The molecule has 7 nitrogen and oxygen atoms in total. The lowest BCUT2D eigenvalue weighted by Crippen LogP contribution is -2.45. The number of fused-ring (bicyclic) bond motifs is 1. The lowest BCUT2D eigenvalue weighted by molar-refractivity contribution is 0.239. The second-order valence-electron chi connectivity index (χ2n) is 9.20. The minimum absolute atomic E-state index is 0.381. The molecule has 5 rings (SSSR count). The third-order valence-corrected chi connectivity index (χ3v) is 6.93. The van der Waals surface area contributed by atoms with Gasteiger partial charge >= 0.3 is 0 Å². The molecule has 2 aromatic rings. The second kappa shape index (κ2) is 9.01. The van der Waals surface area contributed by atoms with E-state index in [9.17, 15) is 5.11 Å². The highest BCUT2D eigenvalue weighted by Crippen LogP contribution is 2.32. The van der Waals surface area contributed by atoms with Gasteiger partial charge in [0, 0.05) is 76.5 Å². The molecule has 1 N–H and O–H groups in total. The van der Waals surface area contributed by atoms with Crippen LogP contribution in [-0.2, 0) is 19.5 Å². The van der Waals surface area contributed by atoms with E-state index in [2.05, 4.69) is 26.6 Å². The van der Waals surface area contributed by atoms with Gasteiger partial charge in [-0.15, -0.1) is 0 Å². The molecule has 4 heterocycles. The summed E-state index contributed by atoms with van der Waals surface area (Å²) in [4.78, 5) is 19.9. The normalized spacial score (nSPS) is 20.7. The number of aromatic nitrogens is 2. The molecule has 3 aliphatic rings. The molecule has 2 saturated heterocycles. The SMILES string of the molecule is CN1CCN(c2nc3c(c(N4CCCCC4)n2)CN(Cc2ccccc2O)CC3)CC1. The number of phenols is 1. The van der Waals surface area contributed by atoms with E-state index < -0.39 is 0 Å². The first-order valence-electron chi connectivity index (χ1n) is 11.7. The topological polar surface area (TPSA) is 59.0 Å². The first kappa shape index (κ1) is 20.5. The first-order chi connectivity index (χ1) is 15.2. The number of rotatable bonds is 4. The molecule has 0 aliphatic carbocycles. The van der Waals surface area contributed by atoms with E-state index in [0.717, 1.165) is 82.7 Å². The molecule has 0 saturated carbocycles. The van der Waals surface area contributed by atoms with Crippen molar-refractivity contribution in [1.82, 2.24) is 19.8 Å². The molecule has 0 radical (unpaired) electrons. The van der Waals surface area contributed by atoms with Crippen LogP contribution in [0.1, 0.15) is 36.1 Å². The van der Waals surface area contributed by atoms with Gasteiger partial charge in [-0.2, -0.15) is 4.98 Å². The highest BCUT2D eigenvalue weighted by Gasteiger charge is 2.28. The van der Waals surface area contributed by atoms with Gasteiger partial charge in [-0.1, -0.05) is 18.2 Å². The molecule has 1 aromatic carbocycles. The first-order valence-corrected chi connectivity index (χ1v) is 11.7. The molecule has 3 aliphatic heterocycles. The molecule has 0 amide bonds.